The fourth-order valence-electron chi connectivity index (χ4n) is 1.38. The Morgan fingerprint density at radius 3 is 2.71 bits per heavy atom. The maximum absolute atomic E-state index is 13.2. The van der Waals surface area contributed by atoms with E-state index in [0.29, 0.717) is 13.2 Å². The van der Waals surface area contributed by atoms with E-state index in [-0.39, 0.29) is 23.6 Å². The van der Waals surface area contributed by atoms with Crippen LogP contribution in [0.1, 0.15) is 5.56 Å². The van der Waals surface area contributed by atoms with Crippen LogP contribution in [0.2, 0.25) is 0 Å². The van der Waals surface area contributed by atoms with Gasteiger partial charge in [0, 0.05) is 12.6 Å². The average Bonchev–Trinajstić information content (AvgIpc) is 2.20. The standard InChI is InChI=1S/C9H9F2NO2/c10-6-3-7-9(14-2-1-13-7)5(4-12)8(6)11/h3H,1-2,4,12H2. The summed E-state index contributed by atoms with van der Waals surface area (Å²) in [7, 11) is 0. The molecule has 0 aliphatic carbocycles. The van der Waals surface area contributed by atoms with Crippen molar-refractivity contribution in [3.8, 4) is 11.5 Å². The van der Waals surface area contributed by atoms with Gasteiger partial charge in [-0.15, -0.1) is 0 Å². The molecule has 0 radical (unpaired) electrons. The molecule has 0 amide bonds. The summed E-state index contributed by atoms with van der Waals surface area (Å²) >= 11 is 0. The Bertz CT molecular complexity index is 368. The summed E-state index contributed by atoms with van der Waals surface area (Å²) in [5, 5.41) is 0. The molecule has 76 valence electrons. The van der Waals surface area contributed by atoms with E-state index in [2.05, 4.69) is 0 Å². The van der Waals surface area contributed by atoms with Crippen LogP contribution >= 0.6 is 0 Å². The van der Waals surface area contributed by atoms with Crippen LogP contribution in [0.25, 0.3) is 0 Å². The summed E-state index contributed by atoms with van der Waals surface area (Å²) < 4.78 is 36.5. The third kappa shape index (κ3) is 1.29. The molecule has 0 atom stereocenters. The van der Waals surface area contributed by atoms with Crippen molar-refractivity contribution in [1.82, 2.24) is 0 Å². The van der Waals surface area contributed by atoms with Gasteiger partial charge in [0.15, 0.2) is 23.1 Å². The summed E-state index contributed by atoms with van der Waals surface area (Å²) in [5.74, 6) is -1.49. The maximum Gasteiger partial charge on any atom is 0.168 e. The minimum atomic E-state index is -0.963. The quantitative estimate of drug-likeness (QED) is 0.742. The Labute approximate surface area is 79.4 Å². The lowest BCUT2D eigenvalue weighted by Crippen LogP contribution is -2.18. The molecule has 0 spiro atoms. The van der Waals surface area contributed by atoms with Crippen molar-refractivity contribution in [2.45, 2.75) is 6.54 Å². The van der Waals surface area contributed by atoms with Crippen LogP contribution in [0.15, 0.2) is 6.07 Å². The molecule has 0 saturated carbocycles. The lowest BCUT2D eigenvalue weighted by Gasteiger charge is -2.21. The summed E-state index contributed by atoms with van der Waals surface area (Å²) in [6, 6.07) is 0.975. The predicted octanol–water partition coefficient (Wildman–Crippen LogP) is 1.19. The molecular weight excluding hydrogens is 192 g/mol. The Kier molecular flexibility index (Phi) is 2.25. The van der Waals surface area contributed by atoms with E-state index >= 15 is 0 Å². The lowest BCUT2D eigenvalue weighted by molar-refractivity contribution is 0.167. The van der Waals surface area contributed by atoms with E-state index < -0.39 is 11.6 Å². The number of ether oxygens (including phenoxy) is 2. The van der Waals surface area contributed by atoms with Gasteiger partial charge in [-0.3, -0.25) is 0 Å². The van der Waals surface area contributed by atoms with E-state index in [1.807, 2.05) is 0 Å². The first-order valence-electron chi connectivity index (χ1n) is 4.20. The van der Waals surface area contributed by atoms with Crippen LogP contribution in [-0.2, 0) is 6.54 Å². The Morgan fingerprint density at radius 1 is 1.29 bits per heavy atom. The first-order chi connectivity index (χ1) is 6.74. The minimum absolute atomic E-state index is 0.0275. The zero-order chi connectivity index (χ0) is 10.1. The van der Waals surface area contributed by atoms with Crippen LogP contribution in [0.3, 0.4) is 0 Å². The molecule has 1 aliphatic heterocycles. The van der Waals surface area contributed by atoms with Gasteiger partial charge in [0.2, 0.25) is 0 Å². The third-order valence-corrected chi connectivity index (χ3v) is 2.02. The smallest absolute Gasteiger partial charge is 0.168 e. The first-order valence-corrected chi connectivity index (χ1v) is 4.20. The molecule has 1 aromatic rings. The van der Waals surface area contributed by atoms with E-state index in [0.717, 1.165) is 6.07 Å². The van der Waals surface area contributed by atoms with Crippen LogP contribution in [0, 0.1) is 11.6 Å². The van der Waals surface area contributed by atoms with E-state index in [1.165, 1.54) is 0 Å². The van der Waals surface area contributed by atoms with Gasteiger partial charge >= 0.3 is 0 Å². The van der Waals surface area contributed by atoms with Crippen molar-refractivity contribution in [3.63, 3.8) is 0 Å². The summed E-state index contributed by atoms with van der Waals surface area (Å²) in [6.07, 6.45) is 0. The van der Waals surface area contributed by atoms with Crippen molar-refractivity contribution < 1.29 is 18.3 Å². The SMILES string of the molecule is NCc1c(F)c(F)cc2c1OCCO2. The molecule has 14 heavy (non-hydrogen) atoms. The predicted molar refractivity (Wildman–Crippen MR) is 45.2 cm³/mol. The van der Waals surface area contributed by atoms with Gasteiger partial charge in [-0.1, -0.05) is 0 Å². The molecule has 0 bridgehead atoms. The highest BCUT2D eigenvalue weighted by Gasteiger charge is 2.22. The molecule has 1 heterocycles. The molecule has 0 aromatic heterocycles. The molecule has 5 heteroatoms. The second-order valence-electron chi connectivity index (χ2n) is 2.88. The molecule has 2 rings (SSSR count). The van der Waals surface area contributed by atoms with Gasteiger partial charge in [0.1, 0.15) is 13.2 Å². The van der Waals surface area contributed by atoms with Crippen molar-refractivity contribution in [1.29, 1.82) is 0 Å². The Balaban J connectivity index is 2.60. The number of hydrogen-bond acceptors (Lipinski definition) is 3. The number of nitrogens with two attached hydrogens (primary N) is 1. The minimum Gasteiger partial charge on any atom is -0.486 e. The van der Waals surface area contributed by atoms with E-state index in [4.69, 9.17) is 15.2 Å². The van der Waals surface area contributed by atoms with Crippen LogP contribution < -0.4 is 15.2 Å². The second kappa shape index (κ2) is 3.42. The highest BCUT2D eigenvalue weighted by Crippen LogP contribution is 2.36. The summed E-state index contributed by atoms with van der Waals surface area (Å²) in [4.78, 5) is 0. The maximum atomic E-state index is 13.2. The van der Waals surface area contributed by atoms with Gasteiger partial charge < -0.3 is 15.2 Å². The Morgan fingerprint density at radius 2 is 2.00 bits per heavy atom. The van der Waals surface area contributed by atoms with Gasteiger partial charge in [0.25, 0.3) is 0 Å². The highest BCUT2D eigenvalue weighted by atomic mass is 19.2. The largest absolute Gasteiger partial charge is 0.486 e. The van der Waals surface area contributed by atoms with E-state index in [9.17, 15) is 8.78 Å². The number of halogens is 2. The monoisotopic (exact) mass is 201 g/mol. The fourth-order valence-corrected chi connectivity index (χ4v) is 1.38. The molecule has 0 fully saturated rings. The van der Waals surface area contributed by atoms with Crippen molar-refractivity contribution in [2.75, 3.05) is 13.2 Å². The molecule has 0 unspecified atom stereocenters. The topological polar surface area (TPSA) is 44.5 Å². The van der Waals surface area contributed by atoms with Crippen molar-refractivity contribution in [2.24, 2.45) is 5.73 Å². The molecule has 2 N–H and O–H groups in total. The average molecular weight is 201 g/mol. The summed E-state index contributed by atoms with van der Waals surface area (Å²) in [5.41, 5.74) is 5.33. The number of fused-ring (bicyclic) bond motifs is 1. The van der Waals surface area contributed by atoms with Gasteiger partial charge in [0.05, 0.1) is 5.56 Å². The zero-order valence-corrected chi connectivity index (χ0v) is 7.35. The number of rotatable bonds is 1. The first kappa shape index (κ1) is 9.21. The van der Waals surface area contributed by atoms with Crippen LogP contribution in [0.4, 0.5) is 8.78 Å². The van der Waals surface area contributed by atoms with Gasteiger partial charge in [-0.25, -0.2) is 8.78 Å². The van der Waals surface area contributed by atoms with Gasteiger partial charge in [-0.05, 0) is 0 Å². The molecule has 1 aromatic carbocycles. The second-order valence-corrected chi connectivity index (χ2v) is 2.88. The summed E-state index contributed by atoms with van der Waals surface area (Å²) in [6.45, 7) is 0.544. The molecule has 3 nitrogen and oxygen atoms in total. The molecular formula is C9H9F2NO2. The number of hydrogen-bond donors (Lipinski definition) is 1. The molecule has 1 aliphatic rings. The highest BCUT2D eigenvalue weighted by molar-refractivity contribution is 5.48. The lowest BCUT2D eigenvalue weighted by atomic mass is 10.1. The van der Waals surface area contributed by atoms with Crippen LogP contribution in [-0.4, -0.2) is 13.2 Å². The van der Waals surface area contributed by atoms with E-state index in [1.54, 1.807) is 0 Å². The zero-order valence-electron chi connectivity index (χ0n) is 7.35. The normalized spacial score (nSPS) is 14.2. The van der Waals surface area contributed by atoms with Crippen molar-refractivity contribution >= 4 is 0 Å². The molecule has 0 saturated heterocycles. The third-order valence-electron chi connectivity index (χ3n) is 2.02. The van der Waals surface area contributed by atoms with Gasteiger partial charge in [-0.2, -0.15) is 0 Å². The van der Waals surface area contributed by atoms with Crippen molar-refractivity contribution in [3.05, 3.63) is 23.3 Å². The fraction of sp³-hybridized carbons (Fsp3) is 0.333. The Hall–Kier alpha value is -1.36. The number of benzene rings is 1. The van der Waals surface area contributed by atoms with Crippen LogP contribution in [0.5, 0.6) is 11.5 Å².